The number of hydrogen-bond acceptors (Lipinski definition) is 4. The Labute approximate surface area is 126 Å². The van der Waals surface area contributed by atoms with Crippen LogP contribution in [0.2, 0.25) is 0 Å². The Morgan fingerprint density at radius 3 is 2.95 bits per heavy atom. The molecule has 5 nitrogen and oxygen atoms in total. The van der Waals surface area contributed by atoms with Crippen LogP contribution in [0.4, 0.5) is 4.79 Å². The van der Waals surface area contributed by atoms with Crippen LogP contribution in [-0.4, -0.2) is 45.2 Å². The summed E-state index contributed by atoms with van der Waals surface area (Å²) in [5.41, 5.74) is 1.18. The zero-order chi connectivity index (χ0) is 14.7. The molecular formula is C13H18N2O3S2. The van der Waals surface area contributed by atoms with Gasteiger partial charge in [-0.3, -0.25) is 4.90 Å². The Morgan fingerprint density at radius 1 is 1.60 bits per heavy atom. The van der Waals surface area contributed by atoms with E-state index in [4.69, 9.17) is 5.11 Å². The molecule has 1 aliphatic heterocycles. The molecule has 20 heavy (non-hydrogen) atoms. The van der Waals surface area contributed by atoms with Crippen molar-refractivity contribution in [3.8, 4) is 0 Å². The number of amides is 2. The number of rotatable bonds is 4. The lowest BCUT2D eigenvalue weighted by Gasteiger charge is -2.27. The molecule has 1 aromatic rings. The lowest BCUT2D eigenvalue weighted by atomic mass is 10.1. The molecule has 2 rings (SSSR count). The van der Waals surface area contributed by atoms with Crippen LogP contribution in [0, 0.1) is 0 Å². The van der Waals surface area contributed by atoms with Gasteiger partial charge in [0.2, 0.25) is 0 Å². The number of carbonyl (C=O) groups excluding carboxylic acids is 1. The van der Waals surface area contributed by atoms with E-state index in [1.807, 2.05) is 25.3 Å². The molecule has 7 heteroatoms. The maximum Gasteiger partial charge on any atom is 0.327 e. The SMILES string of the molecule is CC(Cc1ccsc1)NC(=O)N1C(C)SCC1C(=O)O. The van der Waals surface area contributed by atoms with Gasteiger partial charge in [0, 0.05) is 11.8 Å². The van der Waals surface area contributed by atoms with Crippen molar-refractivity contribution in [2.24, 2.45) is 0 Å². The van der Waals surface area contributed by atoms with Crippen LogP contribution < -0.4 is 5.32 Å². The maximum atomic E-state index is 12.3. The third kappa shape index (κ3) is 3.46. The Hall–Kier alpha value is -1.21. The predicted octanol–water partition coefficient (Wildman–Crippen LogP) is 2.24. The lowest BCUT2D eigenvalue weighted by molar-refractivity contribution is -0.141. The fourth-order valence-electron chi connectivity index (χ4n) is 2.24. The zero-order valence-electron chi connectivity index (χ0n) is 11.4. The number of carboxylic acids is 1. The minimum absolute atomic E-state index is 0.0238. The van der Waals surface area contributed by atoms with Crippen LogP contribution in [0.25, 0.3) is 0 Å². The van der Waals surface area contributed by atoms with Crippen molar-refractivity contribution in [1.29, 1.82) is 0 Å². The van der Waals surface area contributed by atoms with Gasteiger partial charge in [-0.05, 0) is 42.7 Å². The highest BCUT2D eigenvalue weighted by Gasteiger charge is 2.39. The number of hydrogen-bond donors (Lipinski definition) is 2. The standard InChI is InChI=1S/C13H18N2O3S2/c1-8(5-10-3-4-19-6-10)14-13(18)15-9(2)20-7-11(15)12(16)17/h3-4,6,8-9,11H,5,7H2,1-2H3,(H,14,18)(H,16,17). The van der Waals surface area contributed by atoms with E-state index < -0.39 is 12.0 Å². The number of thioether (sulfide) groups is 1. The minimum atomic E-state index is -0.942. The molecular weight excluding hydrogens is 296 g/mol. The average molecular weight is 314 g/mol. The monoisotopic (exact) mass is 314 g/mol. The average Bonchev–Trinajstić information content (AvgIpc) is 2.97. The Bertz CT molecular complexity index is 478. The Balaban J connectivity index is 1.94. The van der Waals surface area contributed by atoms with Crippen molar-refractivity contribution < 1.29 is 14.7 Å². The van der Waals surface area contributed by atoms with Gasteiger partial charge in [0.15, 0.2) is 0 Å². The largest absolute Gasteiger partial charge is 0.480 e. The van der Waals surface area contributed by atoms with E-state index in [1.165, 1.54) is 22.2 Å². The third-order valence-corrected chi connectivity index (χ3v) is 5.18. The molecule has 3 atom stereocenters. The minimum Gasteiger partial charge on any atom is -0.480 e. The first-order valence-electron chi connectivity index (χ1n) is 6.43. The van der Waals surface area contributed by atoms with E-state index in [9.17, 15) is 9.59 Å². The molecule has 0 saturated carbocycles. The predicted molar refractivity (Wildman–Crippen MR) is 81.2 cm³/mol. The smallest absolute Gasteiger partial charge is 0.327 e. The van der Waals surface area contributed by atoms with Crippen molar-refractivity contribution in [3.63, 3.8) is 0 Å². The number of urea groups is 1. The van der Waals surface area contributed by atoms with Crippen molar-refractivity contribution in [3.05, 3.63) is 22.4 Å². The Kier molecular flexibility index (Phi) is 4.93. The molecule has 0 aliphatic carbocycles. The van der Waals surface area contributed by atoms with Crippen molar-refractivity contribution in [2.75, 3.05) is 5.75 Å². The van der Waals surface area contributed by atoms with Gasteiger partial charge in [0.05, 0.1) is 5.37 Å². The van der Waals surface area contributed by atoms with Gasteiger partial charge in [-0.1, -0.05) is 0 Å². The second-order valence-corrected chi connectivity index (χ2v) is 7.01. The highest BCUT2D eigenvalue weighted by atomic mass is 32.2. The van der Waals surface area contributed by atoms with Crippen LogP contribution in [0.3, 0.4) is 0 Å². The summed E-state index contributed by atoms with van der Waals surface area (Å²) in [6, 6.07) is 0.979. The number of nitrogens with one attached hydrogen (secondary N) is 1. The molecule has 0 aromatic carbocycles. The van der Waals surface area contributed by atoms with Gasteiger partial charge < -0.3 is 10.4 Å². The summed E-state index contributed by atoms with van der Waals surface area (Å²) < 4.78 is 0. The van der Waals surface area contributed by atoms with E-state index in [1.54, 1.807) is 11.3 Å². The van der Waals surface area contributed by atoms with Gasteiger partial charge in [-0.25, -0.2) is 9.59 Å². The summed E-state index contributed by atoms with van der Waals surface area (Å²) in [7, 11) is 0. The molecule has 0 bridgehead atoms. The second kappa shape index (κ2) is 6.49. The summed E-state index contributed by atoms with van der Waals surface area (Å²) in [6.45, 7) is 3.79. The summed E-state index contributed by atoms with van der Waals surface area (Å²) >= 11 is 3.11. The van der Waals surface area contributed by atoms with Crippen molar-refractivity contribution in [2.45, 2.75) is 37.7 Å². The number of carboxylic acid groups (broad SMARTS) is 1. The third-order valence-electron chi connectivity index (χ3n) is 3.23. The van der Waals surface area contributed by atoms with Crippen LogP contribution in [0.15, 0.2) is 16.8 Å². The van der Waals surface area contributed by atoms with E-state index in [2.05, 4.69) is 10.7 Å². The van der Waals surface area contributed by atoms with E-state index in [-0.39, 0.29) is 17.4 Å². The van der Waals surface area contributed by atoms with Crippen molar-refractivity contribution in [1.82, 2.24) is 10.2 Å². The van der Waals surface area contributed by atoms with Gasteiger partial charge >= 0.3 is 12.0 Å². The number of nitrogens with zero attached hydrogens (tertiary/aromatic N) is 1. The van der Waals surface area contributed by atoms with Crippen LogP contribution >= 0.6 is 23.1 Å². The zero-order valence-corrected chi connectivity index (χ0v) is 13.0. The molecule has 1 aliphatic rings. The highest BCUT2D eigenvalue weighted by Crippen LogP contribution is 2.28. The molecule has 1 saturated heterocycles. The number of carbonyl (C=O) groups is 2. The fourth-order valence-corrected chi connectivity index (χ4v) is 4.09. The summed E-state index contributed by atoms with van der Waals surface area (Å²) in [5, 5.41) is 16.0. The number of thiophene rings is 1. The first kappa shape index (κ1) is 15.2. The highest BCUT2D eigenvalue weighted by molar-refractivity contribution is 8.00. The summed E-state index contributed by atoms with van der Waals surface area (Å²) in [4.78, 5) is 24.8. The van der Waals surface area contributed by atoms with E-state index in [0.717, 1.165) is 6.42 Å². The van der Waals surface area contributed by atoms with Crippen LogP contribution in [0.5, 0.6) is 0 Å². The van der Waals surface area contributed by atoms with Gasteiger partial charge in [-0.2, -0.15) is 11.3 Å². The second-order valence-electron chi connectivity index (χ2n) is 4.88. The topological polar surface area (TPSA) is 69.6 Å². The van der Waals surface area contributed by atoms with Gasteiger partial charge in [0.1, 0.15) is 6.04 Å². The molecule has 1 aromatic heterocycles. The number of aliphatic carboxylic acids is 1. The molecule has 2 amide bonds. The van der Waals surface area contributed by atoms with Crippen LogP contribution in [0.1, 0.15) is 19.4 Å². The molecule has 0 radical (unpaired) electrons. The van der Waals surface area contributed by atoms with Crippen LogP contribution in [-0.2, 0) is 11.2 Å². The Morgan fingerprint density at radius 2 is 2.35 bits per heavy atom. The lowest BCUT2D eigenvalue weighted by Crippen LogP contribution is -2.51. The molecule has 0 spiro atoms. The molecule has 3 unspecified atom stereocenters. The normalized spacial score (nSPS) is 23.6. The first-order valence-corrected chi connectivity index (χ1v) is 8.42. The fraction of sp³-hybridized carbons (Fsp3) is 0.538. The molecule has 2 N–H and O–H groups in total. The summed E-state index contributed by atoms with van der Waals surface area (Å²) in [5.74, 6) is -0.495. The van der Waals surface area contributed by atoms with E-state index >= 15 is 0 Å². The summed E-state index contributed by atoms with van der Waals surface area (Å²) in [6.07, 6.45) is 0.752. The van der Waals surface area contributed by atoms with E-state index in [0.29, 0.717) is 5.75 Å². The quantitative estimate of drug-likeness (QED) is 0.894. The molecule has 1 fully saturated rings. The molecule has 110 valence electrons. The molecule has 2 heterocycles. The maximum absolute atomic E-state index is 12.3. The van der Waals surface area contributed by atoms with Gasteiger partial charge in [-0.15, -0.1) is 11.8 Å². The van der Waals surface area contributed by atoms with Crippen molar-refractivity contribution >= 4 is 35.1 Å². The van der Waals surface area contributed by atoms with Gasteiger partial charge in [0.25, 0.3) is 0 Å². The first-order chi connectivity index (χ1) is 9.49.